The van der Waals surface area contributed by atoms with Gasteiger partial charge in [0.1, 0.15) is 12.0 Å². The summed E-state index contributed by atoms with van der Waals surface area (Å²) >= 11 is 0. The Morgan fingerprint density at radius 3 is 2.85 bits per heavy atom. The number of methoxy groups -OCH3 is 1. The van der Waals surface area contributed by atoms with Gasteiger partial charge in [-0.3, -0.25) is 5.84 Å². The summed E-state index contributed by atoms with van der Waals surface area (Å²) in [4.78, 5) is 8.15. The lowest BCUT2D eigenvalue weighted by atomic mass is 10.2. The monoisotopic (exact) mass is 180 g/mol. The molecule has 0 radical (unpaired) electrons. The van der Waals surface area contributed by atoms with Gasteiger partial charge in [0.05, 0.1) is 12.8 Å². The molecular weight excluding hydrogens is 168 g/mol. The van der Waals surface area contributed by atoms with Crippen molar-refractivity contribution in [1.29, 1.82) is 0 Å². The van der Waals surface area contributed by atoms with Crippen LogP contribution in [0.25, 0.3) is 0 Å². The summed E-state index contributed by atoms with van der Waals surface area (Å²) in [5.41, 5.74) is 4.27. The van der Waals surface area contributed by atoms with Gasteiger partial charge in [0.25, 0.3) is 0 Å². The lowest BCUT2D eigenvalue weighted by Gasteiger charge is -2.09. The minimum atomic E-state index is 0.513. The summed E-state index contributed by atoms with van der Waals surface area (Å²) in [6, 6.07) is 0. The van der Waals surface area contributed by atoms with Gasteiger partial charge < -0.3 is 10.2 Å². The van der Waals surface area contributed by atoms with Gasteiger partial charge in [-0.05, 0) is 12.8 Å². The Balaban J connectivity index is 2.41. The van der Waals surface area contributed by atoms with Gasteiger partial charge in [0.15, 0.2) is 0 Å². The molecule has 0 saturated heterocycles. The van der Waals surface area contributed by atoms with Crippen LogP contribution in [-0.4, -0.2) is 17.1 Å². The highest BCUT2D eigenvalue weighted by Crippen LogP contribution is 2.43. The number of hydrazine groups is 1. The van der Waals surface area contributed by atoms with E-state index in [1.165, 1.54) is 19.2 Å². The summed E-state index contributed by atoms with van der Waals surface area (Å²) in [7, 11) is 1.57. The van der Waals surface area contributed by atoms with Gasteiger partial charge in [0.2, 0.25) is 5.88 Å². The van der Waals surface area contributed by atoms with Crippen LogP contribution in [0.2, 0.25) is 0 Å². The van der Waals surface area contributed by atoms with Crippen LogP contribution in [0.4, 0.5) is 5.69 Å². The number of hydrogen-bond acceptors (Lipinski definition) is 5. The Hall–Kier alpha value is -1.36. The molecule has 0 aliphatic heterocycles. The molecule has 0 unspecified atom stereocenters. The second-order valence-corrected chi connectivity index (χ2v) is 3.06. The van der Waals surface area contributed by atoms with E-state index >= 15 is 0 Å². The molecule has 1 heterocycles. The summed E-state index contributed by atoms with van der Waals surface area (Å²) < 4.78 is 5.06. The van der Waals surface area contributed by atoms with Gasteiger partial charge in [-0.15, -0.1) is 0 Å². The van der Waals surface area contributed by atoms with E-state index in [9.17, 15) is 0 Å². The van der Waals surface area contributed by atoms with Crippen molar-refractivity contribution < 1.29 is 4.74 Å². The first-order valence-corrected chi connectivity index (χ1v) is 4.22. The minimum absolute atomic E-state index is 0.513. The average Bonchev–Trinajstić information content (AvgIpc) is 2.99. The quantitative estimate of drug-likeness (QED) is 0.527. The predicted molar refractivity (Wildman–Crippen MR) is 48.4 cm³/mol. The molecule has 0 amide bonds. The third kappa shape index (κ3) is 1.42. The molecular formula is C8H12N4O. The van der Waals surface area contributed by atoms with Crippen molar-refractivity contribution in [2.45, 2.75) is 18.8 Å². The lowest BCUT2D eigenvalue weighted by Crippen LogP contribution is -2.12. The third-order valence-electron chi connectivity index (χ3n) is 2.14. The van der Waals surface area contributed by atoms with Crippen molar-refractivity contribution in [3.63, 3.8) is 0 Å². The Morgan fingerprint density at radius 2 is 2.31 bits per heavy atom. The normalized spacial score (nSPS) is 15.5. The standard InChI is InChI=1S/C8H12N4O/c1-13-8-7(12-9)6(5-2-3-5)10-4-11-8/h4-5,12H,2-3,9H2,1H3. The van der Waals surface area contributed by atoms with Crippen LogP contribution in [0, 0.1) is 0 Å². The molecule has 1 aliphatic rings. The van der Waals surface area contributed by atoms with Gasteiger partial charge in [0, 0.05) is 5.92 Å². The van der Waals surface area contributed by atoms with Crippen molar-refractivity contribution >= 4 is 5.69 Å². The smallest absolute Gasteiger partial charge is 0.241 e. The van der Waals surface area contributed by atoms with Crippen molar-refractivity contribution in [3.05, 3.63) is 12.0 Å². The highest BCUT2D eigenvalue weighted by Gasteiger charge is 2.29. The molecule has 0 bridgehead atoms. The second-order valence-electron chi connectivity index (χ2n) is 3.06. The van der Waals surface area contributed by atoms with E-state index in [4.69, 9.17) is 10.6 Å². The molecule has 0 aromatic carbocycles. The highest BCUT2D eigenvalue weighted by molar-refractivity contribution is 5.57. The molecule has 0 spiro atoms. The first-order chi connectivity index (χ1) is 6.36. The maximum atomic E-state index is 5.38. The number of nitrogens with one attached hydrogen (secondary N) is 1. The van der Waals surface area contributed by atoms with Crippen molar-refractivity contribution in [1.82, 2.24) is 9.97 Å². The lowest BCUT2D eigenvalue weighted by molar-refractivity contribution is 0.398. The molecule has 5 nitrogen and oxygen atoms in total. The molecule has 1 aliphatic carbocycles. The van der Waals surface area contributed by atoms with Gasteiger partial charge in [-0.1, -0.05) is 0 Å². The molecule has 13 heavy (non-hydrogen) atoms. The number of anilines is 1. The Bertz CT molecular complexity index is 311. The Kier molecular flexibility index (Phi) is 2.02. The number of aromatic nitrogens is 2. The zero-order valence-electron chi connectivity index (χ0n) is 7.45. The van der Waals surface area contributed by atoms with E-state index in [-0.39, 0.29) is 0 Å². The molecule has 1 fully saturated rings. The average molecular weight is 180 g/mol. The van der Waals surface area contributed by atoms with E-state index in [0.717, 1.165) is 5.69 Å². The van der Waals surface area contributed by atoms with Crippen LogP contribution in [0.15, 0.2) is 6.33 Å². The molecule has 1 aromatic heterocycles. The largest absolute Gasteiger partial charge is 0.479 e. The van der Waals surface area contributed by atoms with Gasteiger partial charge in [-0.25, -0.2) is 4.98 Å². The molecule has 5 heteroatoms. The predicted octanol–water partition coefficient (Wildman–Crippen LogP) is 0.648. The molecule has 2 rings (SSSR count). The fourth-order valence-electron chi connectivity index (χ4n) is 1.34. The van der Waals surface area contributed by atoms with Crippen LogP contribution in [0.5, 0.6) is 5.88 Å². The number of nitrogen functional groups attached to an aromatic ring is 1. The van der Waals surface area contributed by atoms with E-state index < -0.39 is 0 Å². The van der Waals surface area contributed by atoms with Crippen molar-refractivity contribution in [2.75, 3.05) is 12.5 Å². The Morgan fingerprint density at radius 1 is 1.54 bits per heavy atom. The SMILES string of the molecule is COc1ncnc(C2CC2)c1NN. The number of nitrogens with zero attached hydrogens (tertiary/aromatic N) is 2. The Labute approximate surface area is 76.3 Å². The van der Waals surface area contributed by atoms with Crippen LogP contribution in [0.1, 0.15) is 24.5 Å². The zero-order valence-corrected chi connectivity index (χ0v) is 7.45. The molecule has 70 valence electrons. The summed E-state index contributed by atoms with van der Waals surface area (Å²) in [6.07, 6.45) is 3.86. The zero-order chi connectivity index (χ0) is 9.26. The molecule has 0 atom stereocenters. The number of hydrogen-bond donors (Lipinski definition) is 2. The summed E-state index contributed by atoms with van der Waals surface area (Å²) in [5.74, 6) is 6.43. The van der Waals surface area contributed by atoms with Crippen LogP contribution in [-0.2, 0) is 0 Å². The van der Waals surface area contributed by atoms with Crippen molar-refractivity contribution in [2.24, 2.45) is 5.84 Å². The van der Waals surface area contributed by atoms with Crippen LogP contribution >= 0.6 is 0 Å². The molecule has 1 aromatic rings. The molecule has 1 saturated carbocycles. The number of nitrogens with two attached hydrogens (primary N) is 1. The van der Waals surface area contributed by atoms with Gasteiger partial charge >= 0.3 is 0 Å². The van der Waals surface area contributed by atoms with E-state index in [0.29, 0.717) is 17.5 Å². The number of ether oxygens (including phenoxy) is 1. The third-order valence-corrected chi connectivity index (χ3v) is 2.14. The minimum Gasteiger partial charge on any atom is -0.479 e. The van der Waals surface area contributed by atoms with Crippen LogP contribution < -0.4 is 16.0 Å². The first-order valence-electron chi connectivity index (χ1n) is 4.22. The maximum Gasteiger partial charge on any atom is 0.241 e. The number of rotatable bonds is 3. The fourth-order valence-corrected chi connectivity index (χ4v) is 1.34. The first kappa shape index (κ1) is 8.25. The highest BCUT2D eigenvalue weighted by atomic mass is 16.5. The fraction of sp³-hybridized carbons (Fsp3) is 0.500. The van der Waals surface area contributed by atoms with Crippen LogP contribution in [0.3, 0.4) is 0 Å². The topological polar surface area (TPSA) is 73.1 Å². The molecule has 3 N–H and O–H groups in total. The van der Waals surface area contributed by atoms with E-state index in [2.05, 4.69) is 15.4 Å². The van der Waals surface area contributed by atoms with Gasteiger partial charge in [-0.2, -0.15) is 4.98 Å². The summed E-state index contributed by atoms with van der Waals surface area (Å²) in [5, 5.41) is 0. The summed E-state index contributed by atoms with van der Waals surface area (Å²) in [6.45, 7) is 0. The van der Waals surface area contributed by atoms with E-state index in [1.54, 1.807) is 7.11 Å². The second kappa shape index (κ2) is 3.18. The van der Waals surface area contributed by atoms with E-state index in [1.807, 2.05) is 0 Å². The van der Waals surface area contributed by atoms with Crippen molar-refractivity contribution in [3.8, 4) is 5.88 Å². The maximum absolute atomic E-state index is 5.38.